The number of hydrogen-bond acceptors (Lipinski definition) is 5. The quantitative estimate of drug-likeness (QED) is 0.856. The van der Waals surface area contributed by atoms with Gasteiger partial charge in [-0.15, -0.1) is 0 Å². The number of benzene rings is 1. The van der Waals surface area contributed by atoms with Gasteiger partial charge in [-0.2, -0.15) is 0 Å². The standard InChI is InChI=1S/C16H20N2O4/c1-16(2,8-9-19)13-10-14(22-18-13)17-15(20)21-11-12-6-4-3-5-7-12/h3-7,10,19H,8-9,11H2,1-2H3,(H,17,20). The van der Waals surface area contributed by atoms with E-state index in [1.165, 1.54) is 0 Å². The van der Waals surface area contributed by atoms with Gasteiger partial charge in [-0.05, 0) is 12.0 Å². The predicted molar refractivity (Wildman–Crippen MR) is 81.5 cm³/mol. The lowest BCUT2D eigenvalue weighted by Crippen LogP contribution is -2.19. The van der Waals surface area contributed by atoms with Crippen LogP contribution in [0.5, 0.6) is 0 Å². The molecular formula is C16H20N2O4. The van der Waals surface area contributed by atoms with Crippen molar-refractivity contribution in [2.24, 2.45) is 0 Å². The normalized spacial score (nSPS) is 11.2. The molecule has 0 unspecified atom stereocenters. The third kappa shape index (κ3) is 4.33. The zero-order valence-corrected chi connectivity index (χ0v) is 12.7. The van der Waals surface area contributed by atoms with Crippen molar-refractivity contribution in [2.45, 2.75) is 32.3 Å². The summed E-state index contributed by atoms with van der Waals surface area (Å²) in [5.74, 6) is 0.221. The highest BCUT2D eigenvalue weighted by molar-refractivity contribution is 5.82. The fraction of sp³-hybridized carbons (Fsp3) is 0.375. The Hall–Kier alpha value is -2.34. The molecule has 0 saturated carbocycles. The fourth-order valence-corrected chi connectivity index (χ4v) is 1.92. The third-order valence-corrected chi connectivity index (χ3v) is 3.38. The van der Waals surface area contributed by atoms with Gasteiger partial charge in [0.2, 0.25) is 5.88 Å². The number of ether oxygens (including phenoxy) is 1. The number of carbonyl (C=O) groups is 1. The molecule has 0 aliphatic carbocycles. The maximum absolute atomic E-state index is 11.7. The second kappa shape index (κ2) is 7.09. The van der Waals surface area contributed by atoms with Crippen LogP contribution in [0.2, 0.25) is 0 Å². The number of aromatic nitrogens is 1. The molecule has 22 heavy (non-hydrogen) atoms. The Bertz CT molecular complexity index is 608. The topological polar surface area (TPSA) is 84.6 Å². The number of hydrogen-bond donors (Lipinski definition) is 2. The van der Waals surface area contributed by atoms with Gasteiger partial charge in [0.25, 0.3) is 0 Å². The molecule has 1 aromatic heterocycles. The first-order chi connectivity index (χ1) is 10.5. The number of anilines is 1. The molecule has 0 spiro atoms. The minimum atomic E-state index is -0.605. The number of amides is 1. The van der Waals surface area contributed by atoms with Gasteiger partial charge in [0.15, 0.2) is 0 Å². The van der Waals surface area contributed by atoms with Crippen LogP contribution in [-0.4, -0.2) is 23.0 Å². The summed E-state index contributed by atoms with van der Waals surface area (Å²) in [6.45, 7) is 4.13. The van der Waals surface area contributed by atoms with E-state index in [0.29, 0.717) is 12.1 Å². The highest BCUT2D eigenvalue weighted by atomic mass is 16.6. The first kappa shape index (κ1) is 16.0. The molecule has 0 saturated heterocycles. The summed E-state index contributed by atoms with van der Waals surface area (Å²) in [5.41, 5.74) is 1.24. The molecule has 0 atom stereocenters. The Kier molecular flexibility index (Phi) is 5.16. The van der Waals surface area contributed by atoms with Gasteiger partial charge in [0.05, 0.1) is 5.69 Å². The number of nitrogens with zero attached hydrogens (tertiary/aromatic N) is 1. The molecule has 1 amide bonds. The number of nitrogens with one attached hydrogen (secondary N) is 1. The van der Waals surface area contributed by atoms with E-state index in [2.05, 4.69) is 10.5 Å². The van der Waals surface area contributed by atoms with Gasteiger partial charge < -0.3 is 14.4 Å². The van der Waals surface area contributed by atoms with Gasteiger partial charge in [-0.1, -0.05) is 49.3 Å². The average molecular weight is 304 g/mol. The number of aliphatic hydroxyl groups excluding tert-OH is 1. The van der Waals surface area contributed by atoms with Crippen molar-refractivity contribution >= 4 is 12.0 Å². The second-order valence-electron chi connectivity index (χ2n) is 5.62. The van der Waals surface area contributed by atoms with Crippen molar-refractivity contribution in [1.82, 2.24) is 5.16 Å². The van der Waals surface area contributed by atoms with Crippen molar-refractivity contribution in [3.8, 4) is 0 Å². The summed E-state index contributed by atoms with van der Waals surface area (Å²) in [7, 11) is 0. The molecule has 1 heterocycles. The summed E-state index contributed by atoms with van der Waals surface area (Å²) in [6.07, 6.45) is -0.0521. The maximum atomic E-state index is 11.7. The van der Waals surface area contributed by atoms with Gasteiger partial charge in [0.1, 0.15) is 6.61 Å². The molecule has 0 aliphatic rings. The lowest BCUT2D eigenvalue weighted by molar-refractivity contribution is 0.154. The molecule has 2 rings (SSSR count). The van der Waals surface area contributed by atoms with Crippen molar-refractivity contribution in [3.63, 3.8) is 0 Å². The van der Waals surface area contributed by atoms with Gasteiger partial charge in [-0.25, -0.2) is 4.79 Å². The average Bonchev–Trinajstić information content (AvgIpc) is 2.95. The Morgan fingerprint density at radius 3 is 2.77 bits per heavy atom. The van der Waals surface area contributed by atoms with E-state index in [-0.39, 0.29) is 24.5 Å². The molecule has 6 heteroatoms. The van der Waals surface area contributed by atoms with Crippen LogP contribution >= 0.6 is 0 Å². The second-order valence-corrected chi connectivity index (χ2v) is 5.62. The first-order valence-electron chi connectivity index (χ1n) is 7.07. The molecule has 0 fully saturated rings. The Morgan fingerprint density at radius 1 is 1.36 bits per heavy atom. The van der Waals surface area contributed by atoms with Crippen molar-refractivity contribution in [2.75, 3.05) is 11.9 Å². The maximum Gasteiger partial charge on any atom is 0.414 e. The Morgan fingerprint density at radius 2 is 2.09 bits per heavy atom. The summed E-state index contributed by atoms with van der Waals surface area (Å²) < 4.78 is 10.2. The fourth-order valence-electron chi connectivity index (χ4n) is 1.92. The molecular weight excluding hydrogens is 284 g/mol. The molecule has 0 radical (unpaired) electrons. The molecule has 0 bridgehead atoms. The summed E-state index contributed by atoms with van der Waals surface area (Å²) in [4.78, 5) is 11.7. The number of carbonyl (C=O) groups excluding carboxylic acids is 1. The summed E-state index contributed by atoms with van der Waals surface area (Å²) in [5, 5.41) is 15.5. The third-order valence-electron chi connectivity index (χ3n) is 3.38. The number of rotatable bonds is 6. The van der Waals surface area contributed by atoms with E-state index in [9.17, 15) is 4.79 Å². The Labute approximate surface area is 129 Å². The monoisotopic (exact) mass is 304 g/mol. The lowest BCUT2D eigenvalue weighted by atomic mass is 9.86. The van der Waals surface area contributed by atoms with Gasteiger partial charge >= 0.3 is 6.09 Å². The van der Waals surface area contributed by atoms with Crippen LogP contribution in [0.1, 0.15) is 31.5 Å². The Balaban J connectivity index is 1.88. The minimum absolute atomic E-state index is 0.0573. The van der Waals surface area contributed by atoms with Crippen LogP contribution in [-0.2, 0) is 16.8 Å². The largest absolute Gasteiger partial charge is 0.444 e. The van der Waals surface area contributed by atoms with E-state index >= 15 is 0 Å². The van der Waals surface area contributed by atoms with Gasteiger partial charge in [-0.3, -0.25) is 5.32 Å². The summed E-state index contributed by atoms with van der Waals surface area (Å²) in [6, 6.07) is 11.0. The number of aliphatic hydroxyl groups is 1. The van der Waals surface area contributed by atoms with Crippen LogP contribution in [0, 0.1) is 0 Å². The van der Waals surface area contributed by atoms with E-state index < -0.39 is 6.09 Å². The van der Waals surface area contributed by atoms with Crippen LogP contribution in [0.15, 0.2) is 40.9 Å². The van der Waals surface area contributed by atoms with Crippen molar-refractivity contribution < 1.29 is 19.2 Å². The van der Waals surface area contributed by atoms with Gasteiger partial charge in [0, 0.05) is 18.1 Å². The summed E-state index contributed by atoms with van der Waals surface area (Å²) >= 11 is 0. The van der Waals surface area contributed by atoms with E-state index in [4.69, 9.17) is 14.4 Å². The SMILES string of the molecule is CC(C)(CCO)c1cc(NC(=O)OCc2ccccc2)on1. The zero-order chi connectivity index (χ0) is 16.0. The molecule has 2 N–H and O–H groups in total. The highest BCUT2D eigenvalue weighted by Crippen LogP contribution is 2.27. The van der Waals surface area contributed by atoms with Crippen LogP contribution < -0.4 is 5.32 Å². The highest BCUT2D eigenvalue weighted by Gasteiger charge is 2.24. The molecule has 118 valence electrons. The molecule has 0 aliphatic heterocycles. The zero-order valence-electron chi connectivity index (χ0n) is 12.7. The van der Waals surface area contributed by atoms with Crippen LogP contribution in [0.4, 0.5) is 10.7 Å². The van der Waals surface area contributed by atoms with E-state index in [0.717, 1.165) is 5.56 Å². The van der Waals surface area contributed by atoms with E-state index in [1.807, 2.05) is 44.2 Å². The van der Waals surface area contributed by atoms with E-state index in [1.54, 1.807) is 6.07 Å². The molecule has 1 aromatic carbocycles. The predicted octanol–water partition coefficient (Wildman–Crippen LogP) is 3.08. The smallest absolute Gasteiger partial charge is 0.414 e. The molecule has 2 aromatic rings. The minimum Gasteiger partial charge on any atom is -0.444 e. The lowest BCUT2D eigenvalue weighted by Gasteiger charge is -2.19. The van der Waals surface area contributed by atoms with Crippen LogP contribution in [0.25, 0.3) is 0 Å². The van der Waals surface area contributed by atoms with Crippen molar-refractivity contribution in [3.05, 3.63) is 47.7 Å². The van der Waals surface area contributed by atoms with Crippen LogP contribution in [0.3, 0.4) is 0 Å². The molecule has 6 nitrogen and oxygen atoms in total. The first-order valence-corrected chi connectivity index (χ1v) is 7.07. The van der Waals surface area contributed by atoms with Crippen molar-refractivity contribution in [1.29, 1.82) is 0 Å².